The van der Waals surface area contributed by atoms with Crippen molar-refractivity contribution in [2.45, 2.75) is 110 Å². The number of carbonyl (C=O) groups is 1. The summed E-state index contributed by atoms with van der Waals surface area (Å²) in [5.41, 5.74) is 2.63. The summed E-state index contributed by atoms with van der Waals surface area (Å²) in [4.78, 5) is 12.3. The number of esters is 1. The molecule has 0 radical (unpaired) electrons. The van der Waals surface area contributed by atoms with Crippen molar-refractivity contribution >= 4 is 17.7 Å². The molecule has 0 heterocycles. The number of phenols is 1. The quantitative estimate of drug-likeness (QED) is 0.295. The smallest absolute Gasteiger partial charge is 0.306 e. The standard InChI is InChI=1S/C26H44O3S/c1-9-10-11-12-15-30-19(2)18-29-23(27)14-13-20-16-21(25(3,4)5)24(28)22(17-20)26(6,7)8/h16-17,19,28H,9-15,18H2,1-8H3. The van der Waals surface area contributed by atoms with Crippen molar-refractivity contribution in [3.63, 3.8) is 0 Å². The van der Waals surface area contributed by atoms with Gasteiger partial charge in [-0.25, -0.2) is 0 Å². The molecule has 1 N–H and O–H groups in total. The van der Waals surface area contributed by atoms with E-state index in [0.29, 0.717) is 30.4 Å². The number of rotatable bonds is 11. The molecule has 1 rings (SSSR count). The maximum absolute atomic E-state index is 12.3. The van der Waals surface area contributed by atoms with Crippen molar-refractivity contribution in [3.05, 3.63) is 28.8 Å². The molecule has 172 valence electrons. The zero-order chi connectivity index (χ0) is 22.9. The first-order valence-electron chi connectivity index (χ1n) is 11.5. The van der Waals surface area contributed by atoms with E-state index in [1.165, 1.54) is 25.7 Å². The lowest BCUT2D eigenvalue weighted by atomic mass is 9.78. The molecule has 0 spiro atoms. The van der Waals surface area contributed by atoms with E-state index < -0.39 is 0 Å². The molecular formula is C26H44O3S. The van der Waals surface area contributed by atoms with Gasteiger partial charge < -0.3 is 9.84 Å². The van der Waals surface area contributed by atoms with Crippen LogP contribution >= 0.6 is 11.8 Å². The molecule has 1 aromatic carbocycles. The second-order valence-electron chi connectivity index (χ2n) is 10.5. The number of benzene rings is 1. The number of phenolic OH excluding ortho intramolecular Hbond substituents is 1. The van der Waals surface area contributed by atoms with Gasteiger partial charge in [-0.3, -0.25) is 4.79 Å². The largest absolute Gasteiger partial charge is 0.507 e. The Morgan fingerprint density at radius 2 is 1.60 bits per heavy atom. The Morgan fingerprint density at radius 3 is 2.10 bits per heavy atom. The molecule has 0 aromatic heterocycles. The van der Waals surface area contributed by atoms with Crippen molar-refractivity contribution in [2.24, 2.45) is 0 Å². The summed E-state index contributed by atoms with van der Waals surface area (Å²) >= 11 is 1.89. The fourth-order valence-electron chi connectivity index (χ4n) is 3.37. The molecule has 0 saturated heterocycles. The lowest BCUT2D eigenvalue weighted by Gasteiger charge is -2.28. The van der Waals surface area contributed by atoms with Gasteiger partial charge in [0.25, 0.3) is 0 Å². The van der Waals surface area contributed by atoms with E-state index in [1.54, 1.807) is 0 Å². The molecule has 0 aliphatic carbocycles. The van der Waals surface area contributed by atoms with Crippen LogP contribution in [0, 0.1) is 0 Å². The van der Waals surface area contributed by atoms with E-state index in [0.717, 1.165) is 22.4 Å². The molecule has 3 nitrogen and oxygen atoms in total. The predicted molar refractivity (Wildman–Crippen MR) is 131 cm³/mol. The van der Waals surface area contributed by atoms with Crippen LogP contribution in [0.2, 0.25) is 0 Å². The minimum atomic E-state index is -0.162. The van der Waals surface area contributed by atoms with Crippen LogP contribution in [0.3, 0.4) is 0 Å². The SMILES string of the molecule is CCCCCCSC(C)COC(=O)CCc1cc(C(C)(C)C)c(O)c(C(C)(C)C)c1. The first kappa shape index (κ1) is 26.9. The minimum Gasteiger partial charge on any atom is -0.507 e. The molecular weight excluding hydrogens is 392 g/mol. The van der Waals surface area contributed by atoms with Crippen molar-refractivity contribution in [1.29, 1.82) is 0 Å². The summed E-state index contributed by atoms with van der Waals surface area (Å²) in [7, 11) is 0. The maximum atomic E-state index is 12.3. The number of hydrogen-bond acceptors (Lipinski definition) is 4. The average Bonchev–Trinajstić information content (AvgIpc) is 2.63. The van der Waals surface area contributed by atoms with Gasteiger partial charge in [0.2, 0.25) is 0 Å². The summed E-state index contributed by atoms with van der Waals surface area (Å²) in [5, 5.41) is 11.2. The zero-order valence-corrected chi connectivity index (χ0v) is 21.4. The highest BCUT2D eigenvalue weighted by Crippen LogP contribution is 2.40. The van der Waals surface area contributed by atoms with Crippen LogP contribution in [0.25, 0.3) is 0 Å². The van der Waals surface area contributed by atoms with E-state index in [1.807, 2.05) is 23.9 Å². The third-order valence-electron chi connectivity index (χ3n) is 5.28. The third-order valence-corrected chi connectivity index (χ3v) is 6.51. The minimum absolute atomic E-state index is 0.142. The van der Waals surface area contributed by atoms with Crippen LogP contribution < -0.4 is 0 Å². The van der Waals surface area contributed by atoms with Gasteiger partial charge in [-0.15, -0.1) is 0 Å². The lowest BCUT2D eigenvalue weighted by Crippen LogP contribution is -2.18. The number of ether oxygens (including phenoxy) is 1. The number of thioether (sulfide) groups is 1. The fourth-order valence-corrected chi connectivity index (χ4v) is 4.31. The summed E-state index contributed by atoms with van der Waals surface area (Å²) in [5.74, 6) is 1.37. The highest BCUT2D eigenvalue weighted by molar-refractivity contribution is 7.99. The third kappa shape index (κ3) is 9.32. The van der Waals surface area contributed by atoms with E-state index in [-0.39, 0.29) is 16.8 Å². The number of aryl methyl sites for hydroxylation is 1. The topological polar surface area (TPSA) is 46.5 Å². The molecule has 1 atom stereocenters. The second-order valence-corrected chi connectivity index (χ2v) is 12.0. The van der Waals surface area contributed by atoms with Crippen molar-refractivity contribution in [3.8, 4) is 5.75 Å². The second kappa shape index (κ2) is 12.0. The van der Waals surface area contributed by atoms with Crippen LogP contribution in [0.1, 0.15) is 104 Å². The van der Waals surface area contributed by atoms with Gasteiger partial charge in [0, 0.05) is 11.7 Å². The van der Waals surface area contributed by atoms with E-state index in [4.69, 9.17) is 4.74 Å². The van der Waals surface area contributed by atoms with Crippen LogP contribution in [-0.2, 0) is 26.8 Å². The molecule has 0 bridgehead atoms. The number of aromatic hydroxyl groups is 1. The van der Waals surface area contributed by atoms with E-state index >= 15 is 0 Å². The molecule has 1 unspecified atom stereocenters. The number of hydrogen-bond donors (Lipinski definition) is 1. The maximum Gasteiger partial charge on any atom is 0.306 e. The molecule has 30 heavy (non-hydrogen) atoms. The summed E-state index contributed by atoms with van der Waals surface area (Å²) < 4.78 is 5.51. The monoisotopic (exact) mass is 436 g/mol. The Balaban J connectivity index is 2.64. The normalized spacial score (nSPS) is 13.3. The summed E-state index contributed by atoms with van der Waals surface area (Å²) in [6, 6.07) is 4.10. The van der Waals surface area contributed by atoms with Gasteiger partial charge in [0.15, 0.2) is 0 Å². The molecule has 0 fully saturated rings. The number of carbonyl (C=O) groups excluding carboxylic acids is 1. The first-order chi connectivity index (χ1) is 13.9. The van der Waals surface area contributed by atoms with Gasteiger partial charge in [0.1, 0.15) is 12.4 Å². The van der Waals surface area contributed by atoms with Gasteiger partial charge >= 0.3 is 5.97 Å². The zero-order valence-electron chi connectivity index (χ0n) is 20.6. The van der Waals surface area contributed by atoms with Gasteiger partial charge in [-0.05, 0) is 53.0 Å². The Hall–Kier alpha value is -1.16. The predicted octanol–water partition coefficient (Wildman–Crippen LogP) is 7.17. The van der Waals surface area contributed by atoms with Crippen LogP contribution in [0.5, 0.6) is 5.75 Å². The highest BCUT2D eigenvalue weighted by Gasteiger charge is 2.26. The lowest BCUT2D eigenvalue weighted by molar-refractivity contribution is -0.143. The Labute approximate surface area is 189 Å². The first-order valence-corrected chi connectivity index (χ1v) is 12.5. The Morgan fingerprint density at radius 1 is 1.03 bits per heavy atom. The molecule has 1 aromatic rings. The Kier molecular flexibility index (Phi) is 10.8. The van der Waals surface area contributed by atoms with Gasteiger partial charge in [-0.1, -0.05) is 79.9 Å². The summed E-state index contributed by atoms with van der Waals surface area (Å²) in [6.45, 7) is 17.5. The van der Waals surface area contributed by atoms with Crippen molar-refractivity contribution < 1.29 is 14.6 Å². The van der Waals surface area contributed by atoms with Crippen molar-refractivity contribution in [2.75, 3.05) is 12.4 Å². The molecule has 0 aliphatic heterocycles. The van der Waals surface area contributed by atoms with Crippen LogP contribution in [-0.4, -0.2) is 28.7 Å². The Bertz CT molecular complexity index is 633. The molecule has 0 amide bonds. The van der Waals surface area contributed by atoms with Crippen LogP contribution in [0.4, 0.5) is 0 Å². The average molecular weight is 437 g/mol. The number of unbranched alkanes of at least 4 members (excludes halogenated alkanes) is 3. The van der Waals surface area contributed by atoms with Crippen LogP contribution in [0.15, 0.2) is 12.1 Å². The van der Waals surface area contributed by atoms with Gasteiger partial charge in [-0.2, -0.15) is 11.8 Å². The summed E-state index contributed by atoms with van der Waals surface area (Å²) in [6.07, 6.45) is 6.08. The van der Waals surface area contributed by atoms with E-state index in [9.17, 15) is 9.90 Å². The van der Waals surface area contributed by atoms with E-state index in [2.05, 4.69) is 55.4 Å². The molecule has 0 saturated carbocycles. The highest BCUT2D eigenvalue weighted by atomic mass is 32.2. The molecule has 0 aliphatic rings. The van der Waals surface area contributed by atoms with Crippen molar-refractivity contribution in [1.82, 2.24) is 0 Å². The van der Waals surface area contributed by atoms with Gasteiger partial charge in [0.05, 0.1) is 0 Å². The molecule has 4 heteroatoms. The fraction of sp³-hybridized carbons (Fsp3) is 0.731.